The Morgan fingerprint density at radius 3 is 2.84 bits per heavy atom. The van der Waals surface area contributed by atoms with Crippen molar-refractivity contribution in [2.24, 2.45) is 5.92 Å². The molecule has 4 atom stereocenters. The largest absolute Gasteiger partial charge is 0.367 e. The minimum absolute atomic E-state index is 0.0376. The molecule has 0 bridgehead atoms. The molecule has 3 heterocycles. The van der Waals surface area contributed by atoms with E-state index in [9.17, 15) is 4.79 Å². The van der Waals surface area contributed by atoms with Crippen LogP contribution in [0.4, 0.5) is 10.5 Å². The first-order valence-electron chi connectivity index (χ1n) is 10.6. The number of amides is 2. The quantitative estimate of drug-likeness (QED) is 0.657. The lowest BCUT2D eigenvalue weighted by atomic mass is 10.1. The number of urea groups is 1. The molecule has 3 aromatic rings. The molecule has 1 saturated heterocycles. The Labute approximate surface area is 185 Å². The van der Waals surface area contributed by atoms with E-state index in [4.69, 9.17) is 4.74 Å². The van der Waals surface area contributed by atoms with Gasteiger partial charge in [-0.15, -0.1) is 5.10 Å². The monoisotopic (exact) mass is 438 g/mol. The second kappa shape index (κ2) is 8.05. The van der Waals surface area contributed by atoms with E-state index < -0.39 is 0 Å². The Morgan fingerprint density at radius 2 is 2.10 bits per heavy atom. The van der Waals surface area contributed by atoms with Crippen LogP contribution in [0.2, 0.25) is 0 Å². The van der Waals surface area contributed by atoms with Gasteiger partial charge in [-0.1, -0.05) is 19.1 Å². The van der Waals surface area contributed by atoms with Crippen LogP contribution in [-0.4, -0.2) is 50.3 Å². The zero-order valence-electron chi connectivity index (χ0n) is 17.9. The Bertz CT molecular complexity index is 1080. The van der Waals surface area contributed by atoms with Crippen LogP contribution in [0.3, 0.4) is 0 Å². The summed E-state index contributed by atoms with van der Waals surface area (Å²) in [5.41, 5.74) is 3.68. The predicted molar refractivity (Wildman–Crippen MR) is 119 cm³/mol. The molecule has 2 amide bonds. The lowest BCUT2D eigenvalue weighted by molar-refractivity contribution is -0.0640. The van der Waals surface area contributed by atoms with Gasteiger partial charge in [0.2, 0.25) is 0 Å². The molecule has 5 rings (SSSR count). The summed E-state index contributed by atoms with van der Waals surface area (Å²) in [5.74, 6) is 1.26. The number of rotatable bonds is 4. The highest BCUT2D eigenvalue weighted by atomic mass is 32.1. The number of tetrazole rings is 1. The van der Waals surface area contributed by atoms with Gasteiger partial charge in [0.05, 0.1) is 24.4 Å². The number of carbonyl (C=O) groups excluding carboxylic acids is 1. The molecule has 8 nitrogen and oxygen atoms in total. The molecule has 2 aromatic heterocycles. The lowest BCUT2D eigenvalue weighted by Gasteiger charge is -2.36. The van der Waals surface area contributed by atoms with Crippen molar-refractivity contribution in [1.29, 1.82) is 0 Å². The summed E-state index contributed by atoms with van der Waals surface area (Å²) in [7, 11) is 0. The van der Waals surface area contributed by atoms with Gasteiger partial charge >= 0.3 is 6.03 Å². The molecule has 1 saturated carbocycles. The van der Waals surface area contributed by atoms with Gasteiger partial charge < -0.3 is 15.0 Å². The Morgan fingerprint density at radius 1 is 1.26 bits per heavy atom. The average molecular weight is 439 g/mol. The van der Waals surface area contributed by atoms with Crippen LogP contribution in [0.5, 0.6) is 0 Å². The average Bonchev–Trinajstić information content (AvgIpc) is 3.18. The standard InChI is InChI=1S/C22H26N6O2S/c1-13-5-4-6-17(21-24-25-26-28(21)18-9-14(18)2)20(13)23-22(29)27-10-15(3)30-19(11-27)16-7-8-31-12-16/h4-8,12,14-15,18-19H,9-11H2,1-3H3,(H,23,29)/t14-,15-,18-,19-/m1/s1. The number of hydrogen-bond acceptors (Lipinski definition) is 6. The minimum atomic E-state index is -0.134. The number of benzene rings is 1. The summed E-state index contributed by atoms with van der Waals surface area (Å²) in [6.45, 7) is 7.25. The van der Waals surface area contributed by atoms with Crippen LogP contribution < -0.4 is 5.32 Å². The Balaban J connectivity index is 1.40. The smallest absolute Gasteiger partial charge is 0.322 e. The number of aromatic nitrogens is 4. The summed E-state index contributed by atoms with van der Waals surface area (Å²) in [6, 6.07) is 8.17. The molecule has 1 aliphatic heterocycles. The van der Waals surface area contributed by atoms with Crippen LogP contribution in [-0.2, 0) is 4.74 Å². The fraction of sp³-hybridized carbons (Fsp3) is 0.455. The van der Waals surface area contributed by atoms with Crippen molar-refractivity contribution >= 4 is 23.1 Å². The van der Waals surface area contributed by atoms with Crippen LogP contribution in [0.25, 0.3) is 11.4 Å². The van der Waals surface area contributed by atoms with E-state index in [0.29, 0.717) is 30.9 Å². The number of morpholine rings is 1. The molecule has 31 heavy (non-hydrogen) atoms. The van der Waals surface area contributed by atoms with Crippen molar-refractivity contribution < 1.29 is 9.53 Å². The van der Waals surface area contributed by atoms with Gasteiger partial charge in [-0.2, -0.15) is 11.3 Å². The van der Waals surface area contributed by atoms with Crippen molar-refractivity contribution in [2.75, 3.05) is 18.4 Å². The molecule has 0 spiro atoms. The lowest BCUT2D eigenvalue weighted by Crippen LogP contribution is -2.47. The molecule has 1 N–H and O–H groups in total. The van der Waals surface area contributed by atoms with Gasteiger partial charge in [-0.05, 0) is 70.6 Å². The van der Waals surface area contributed by atoms with Gasteiger partial charge in [-0.25, -0.2) is 9.48 Å². The maximum absolute atomic E-state index is 13.3. The van der Waals surface area contributed by atoms with Crippen molar-refractivity contribution in [3.63, 3.8) is 0 Å². The van der Waals surface area contributed by atoms with Crippen molar-refractivity contribution in [1.82, 2.24) is 25.1 Å². The van der Waals surface area contributed by atoms with E-state index in [2.05, 4.69) is 39.2 Å². The first kappa shape index (κ1) is 20.1. The van der Waals surface area contributed by atoms with Crippen molar-refractivity contribution in [3.05, 3.63) is 46.2 Å². The molecule has 1 aliphatic carbocycles. The zero-order chi connectivity index (χ0) is 21.5. The van der Waals surface area contributed by atoms with E-state index >= 15 is 0 Å². The fourth-order valence-corrected chi connectivity index (χ4v) is 4.90. The van der Waals surface area contributed by atoms with Crippen LogP contribution in [0.15, 0.2) is 35.0 Å². The highest BCUT2D eigenvalue weighted by molar-refractivity contribution is 7.07. The van der Waals surface area contributed by atoms with Gasteiger partial charge in [0, 0.05) is 12.1 Å². The molecule has 2 fully saturated rings. The number of carbonyl (C=O) groups is 1. The number of nitrogens with one attached hydrogen (secondary N) is 1. The SMILES string of the molecule is Cc1cccc(-c2nnnn2[C@@H]2C[C@H]2C)c1NC(=O)N1C[C@@H](C)O[C@@H](c2ccsc2)C1. The molecule has 9 heteroatoms. The number of ether oxygens (including phenoxy) is 1. The number of anilines is 1. The maximum atomic E-state index is 13.3. The maximum Gasteiger partial charge on any atom is 0.322 e. The van der Waals surface area contributed by atoms with E-state index in [1.165, 1.54) is 0 Å². The number of hydrogen-bond donors (Lipinski definition) is 1. The summed E-state index contributed by atoms with van der Waals surface area (Å²) in [5, 5.41) is 19.7. The first-order valence-corrected chi connectivity index (χ1v) is 11.6. The van der Waals surface area contributed by atoms with Gasteiger partial charge in [0.1, 0.15) is 6.10 Å². The summed E-state index contributed by atoms with van der Waals surface area (Å²) >= 11 is 1.64. The van der Waals surface area contributed by atoms with Crippen LogP contribution in [0, 0.1) is 12.8 Å². The molecule has 0 unspecified atom stereocenters. The first-order chi connectivity index (χ1) is 15.0. The summed E-state index contributed by atoms with van der Waals surface area (Å²) in [4.78, 5) is 15.1. The highest BCUT2D eigenvalue weighted by Crippen LogP contribution is 2.44. The third kappa shape index (κ3) is 3.95. The van der Waals surface area contributed by atoms with Crippen LogP contribution in [0.1, 0.15) is 43.5 Å². The number of nitrogens with zero attached hydrogens (tertiary/aromatic N) is 5. The van der Waals surface area contributed by atoms with Crippen molar-refractivity contribution in [2.45, 2.75) is 45.4 Å². The number of aryl methyl sites for hydroxylation is 1. The topological polar surface area (TPSA) is 85.2 Å². The molecule has 2 aliphatic rings. The second-order valence-corrected chi connectivity index (χ2v) is 9.33. The highest BCUT2D eigenvalue weighted by Gasteiger charge is 2.38. The number of thiophene rings is 1. The predicted octanol–water partition coefficient (Wildman–Crippen LogP) is 4.28. The molecule has 162 valence electrons. The summed E-state index contributed by atoms with van der Waals surface area (Å²) in [6.07, 6.45) is 0.923. The third-order valence-electron chi connectivity index (χ3n) is 6.08. The third-order valence-corrected chi connectivity index (χ3v) is 6.78. The minimum Gasteiger partial charge on any atom is -0.367 e. The molecule has 1 aromatic carbocycles. The van der Waals surface area contributed by atoms with Gasteiger partial charge in [0.25, 0.3) is 0 Å². The van der Waals surface area contributed by atoms with E-state index in [1.807, 2.05) is 47.0 Å². The van der Waals surface area contributed by atoms with Gasteiger partial charge in [0.15, 0.2) is 5.82 Å². The molecular weight excluding hydrogens is 412 g/mol. The van der Waals surface area contributed by atoms with E-state index in [1.54, 1.807) is 11.3 Å². The normalized spacial score (nSPS) is 25.5. The Kier molecular flexibility index (Phi) is 5.23. The van der Waals surface area contributed by atoms with Gasteiger partial charge in [-0.3, -0.25) is 0 Å². The fourth-order valence-electron chi connectivity index (χ4n) is 4.20. The molecular formula is C22H26N6O2S. The number of para-hydroxylation sites is 1. The second-order valence-electron chi connectivity index (χ2n) is 8.55. The van der Waals surface area contributed by atoms with E-state index in [-0.39, 0.29) is 18.2 Å². The van der Waals surface area contributed by atoms with Crippen LogP contribution >= 0.6 is 11.3 Å². The molecule has 0 radical (unpaired) electrons. The van der Waals surface area contributed by atoms with Crippen molar-refractivity contribution in [3.8, 4) is 11.4 Å². The zero-order valence-corrected chi connectivity index (χ0v) is 18.7. The summed E-state index contributed by atoms with van der Waals surface area (Å²) < 4.78 is 7.97. The Hall–Kier alpha value is -2.78. The van der Waals surface area contributed by atoms with E-state index in [0.717, 1.165) is 28.8 Å².